The van der Waals surface area contributed by atoms with E-state index in [0.29, 0.717) is 16.1 Å². The van der Waals surface area contributed by atoms with Crippen LogP contribution in [0.2, 0.25) is 5.02 Å². The van der Waals surface area contributed by atoms with E-state index in [4.69, 9.17) is 11.6 Å². The number of rotatable bonds is 3. The van der Waals surface area contributed by atoms with Gasteiger partial charge in [-0.15, -0.1) is 0 Å². The molecule has 15 heavy (non-hydrogen) atoms. The maximum atomic E-state index is 11.0. The monoisotopic (exact) mass is 226 g/mol. The Morgan fingerprint density at radius 2 is 2.20 bits per heavy atom. The van der Waals surface area contributed by atoms with Gasteiger partial charge in [0, 0.05) is 10.6 Å². The summed E-state index contributed by atoms with van der Waals surface area (Å²) in [6, 6.07) is 3.28. The Kier molecular flexibility index (Phi) is 3.86. The summed E-state index contributed by atoms with van der Waals surface area (Å²) >= 11 is 5.94. The summed E-state index contributed by atoms with van der Waals surface area (Å²) in [4.78, 5) is 21.7. The van der Waals surface area contributed by atoms with Gasteiger partial charge in [-0.3, -0.25) is 9.59 Å². The minimum Gasteiger partial charge on any atom is -0.469 e. The summed E-state index contributed by atoms with van der Waals surface area (Å²) in [6.45, 7) is 1.79. The van der Waals surface area contributed by atoms with Crippen molar-refractivity contribution in [3.05, 3.63) is 33.8 Å². The third-order valence-corrected chi connectivity index (χ3v) is 2.48. The number of ether oxygens (including phenoxy) is 1. The quantitative estimate of drug-likeness (QED) is 0.586. The van der Waals surface area contributed by atoms with Crippen LogP contribution in [0, 0.1) is 6.92 Å². The molecular formula is C11H11ClO3. The molecule has 1 rings (SSSR count). The van der Waals surface area contributed by atoms with Gasteiger partial charge >= 0.3 is 5.97 Å². The van der Waals surface area contributed by atoms with Gasteiger partial charge in [0.2, 0.25) is 0 Å². The molecular weight excluding hydrogens is 216 g/mol. The SMILES string of the molecule is COC(=O)Cc1cc(C=O)c(C)cc1Cl. The molecule has 0 radical (unpaired) electrons. The van der Waals surface area contributed by atoms with Gasteiger partial charge < -0.3 is 4.74 Å². The molecule has 0 saturated heterocycles. The first-order chi connectivity index (χ1) is 7.08. The van der Waals surface area contributed by atoms with Crippen LogP contribution < -0.4 is 0 Å². The van der Waals surface area contributed by atoms with Crippen molar-refractivity contribution in [3.8, 4) is 0 Å². The fourth-order valence-corrected chi connectivity index (χ4v) is 1.51. The molecule has 0 amide bonds. The maximum Gasteiger partial charge on any atom is 0.310 e. The zero-order valence-corrected chi connectivity index (χ0v) is 9.30. The van der Waals surface area contributed by atoms with Crippen molar-refractivity contribution in [2.24, 2.45) is 0 Å². The summed E-state index contributed by atoms with van der Waals surface area (Å²) in [5.41, 5.74) is 1.94. The van der Waals surface area contributed by atoms with Gasteiger partial charge in [0.25, 0.3) is 0 Å². The molecule has 0 atom stereocenters. The van der Waals surface area contributed by atoms with Crippen molar-refractivity contribution in [1.82, 2.24) is 0 Å². The van der Waals surface area contributed by atoms with Crippen molar-refractivity contribution < 1.29 is 14.3 Å². The third kappa shape index (κ3) is 2.80. The van der Waals surface area contributed by atoms with Gasteiger partial charge in [-0.05, 0) is 30.2 Å². The van der Waals surface area contributed by atoms with Crippen LogP contribution in [0.25, 0.3) is 0 Å². The first-order valence-corrected chi connectivity index (χ1v) is 4.77. The lowest BCUT2D eigenvalue weighted by molar-refractivity contribution is -0.139. The highest BCUT2D eigenvalue weighted by Crippen LogP contribution is 2.21. The van der Waals surface area contributed by atoms with E-state index in [1.807, 2.05) is 0 Å². The van der Waals surface area contributed by atoms with Gasteiger partial charge in [0.1, 0.15) is 6.29 Å². The highest BCUT2D eigenvalue weighted by molar-refractivity contribution is 6.31. The van der Waals surface area contributed by atoms with Crippen molar-refractivity contribution in [1.29, 1.82) is 0 Å². The number of carbonyl (C=O) groups is 2. The van der Waals surface area contributed by atoms with E-state index in [2.05, 4.69) is 4.74 Å². The van der Waals surface area contributed by atoms with E-state index >= 15 is 0 Å². The zero-order chi connectivity index (χ0) is 11.4. The summed E-state index contributed by atoms with van der Waals surface area (Å²) in [7, 11) is 1.31. The molecule has 80 valence electrons. The summed E-state index contributed by atoms with van der Waals surface area (Å²) in [5.74, 6) is -0.377. The number of aldehydes is 1. The first-order valence-electron chi connectivity index (χ1n) is 4.39. The van der Waals surface area contributed by atoms with Crippen LogP contribution in [0.5, 0.6) is 0 Å². The molecule has 4 heteroatoms. The maximum absolute atomic E-state index is 11.0. The van der Waals surface area contributed by atoms with Crippen LogP contribution in [0.4, 0.5) is 0 Å². The molecule has 0 spiro atoms. The second-order valence-electron chi connectivity index (χ2n) is 3.17. The molecule has 0 aromatic heterocycles. The Morgan fingerprint density at radius 3 is 2.73 bits per heavy atom. The second kappa shape index (κ2) is 4.94. The smallest absolute Gasteiger partial charge is 0.310 e. The lowest BCUT2D eigenvalue weighted by Crippen LogP contribution is -2.05. The number of methoxy groups -OCH3 is 1. The first kappa shape index (κ1) is 11.7. The van der Waals surface area contributed by atoms with Crippen molar-refractivity contribution >= 4 is 23.9 Å². The fraction of sp³-hybridized carbons (Fsp3) is 0.273. The predicted octanol–water partition coefficient (Wildman–Crippen LogP) is 2.18. The molecule has 1 aromatic carbocycles. The molecule has 0 aliphatic carbocycles. The van der Waals surface area contributed by atoms with Gasteiger partial charge in [-0.2, -0.15) is 0 Å². The molecule has 0 bridgehead atoms. The summed E-state index contributed by atoms with van der Waals surface area (Å²) in [6.07, 6.45) is 0.822. The van der Waals surface area contributed by atoms with E-state index in [-0.39, 0.29) is 12.4 Å². The van der Waals surface area contributed by atoms with Crippen LogP contribution in [-0.4, -0.2) is 19.4 Å². The Morgan fingerprint density at radius 1 is 1.53 bits per heavy atom. The van der Waals surface area contributed by atoms with Gasteiger partial charge in [-0.1, -0.05) is 11.6 Å². The second-order valence-corrected chi connectivity index (χ2v) is 3.58. The Balaban J connectivity index is 3.07. The van der Waals surface area contributed by atoms with Crippen LogP contribution >= 0.6 is 11.6 Å². The molecule has 0 aliphatic heterocycles. The van der Waals surface area contributed by atoms with Crippen LogP contribution in [0.1, 0.15) is 21.5 Å². The number of halogens is 1. The average molecular weight is 227 g/mol. The normalized spacial score (nSPS) is 9.80. The Labute approximate surface area is 93.0 Å². The number of hydrogen-bond donors (Lipinski definition) is 0. The molecule has 3 nitrogen and oxygen atoms in total. The van der Waals surface area contributed by atoms with E-state index in [1.54, 1.807) is 19.1 Å². The van der Waals surface area contributed by atoms with Gasteiger partial charge in [-0.25, -0.2) is 0 Å². The predicted molar refractivity (Wildman–Crippen MR) is 57.3 cm³/mol. The Hall–Kier alpha value is -1.35. The molecule has 0 aliphatic rings. The number of hydrogen-bond acceptors (Lipinski definition) is 3. The number of carbonyl (C=O) groups excluding carboxylic acids is 2. The molecule has 0 heterocycles. The average Bonchev–Trinajstić information content (AvgIpc) is 2.21. The van der Waals surface area contributed by atoms with Crippen LogP contribution in [-0.2, 0) is 16.0 Å². The van der Waals surface area contributed by atoms with Crippen LogP contribution in [0.3, 0.4) is 0 Å². The summed E-state index contributed by atoms with van der Waals surface area (Å²) < 4.78 is 4.53. The van der Waals surface area contributed by atoms with E-state index < -0.39 is 0 Å². The van der Waals surface area contributed by atoms with Crippen molar-refractivity contribution in [2.75, 3.05) is 7.11 Å². The number of aryl methyl sites for hydroxylation is 1. The molecule has 1 aromatic rings. The molecule has 0 fully saturated rings. The highest BCUT2D eigenvalue weighted by Gasteiger charge is 2.09. The van der Waals surface area contributed by atoms with E-state index in [1.165, 1.54) is 7.11 Å². The lowest BCUT2D eigenvalue weighted by Gasteiger charge is -2.06. The van der Waals surface area contributed by atoms with E-state index in [9.17, 15) is 9.59 Å². The lowest BCUT2D eigenvalue weighted by atomic mass is 10.0. The zero-order valence-electron chi connectivity index (χ0n) is 8.54. The minimum atomic E-state index is -0.377. The third-order valence-electron chi connectivity index (χ3n) is 2.12. The highest BCUT2D eigenvalue weighted by atomic mass is 35.5. The fourth-order valence-electron chi connectivity index (χ4n) is 1.23. The van der Waals surface area contributed by atoms with E-state index in [0.717, 1.165) is 11.8 Å². The number of benzene rings is 1. The minimum absolute atomic E-state index is 0.0798. The van der Waals surface area contributed by atoms with Gasteiger partial charge in [0.15, 0.2) is 0 Å². The largest absolute Gasteiger partial charge is 0.469 e. The van der Waals surface area contributed by atoms with Gasteiger partial charge in [0.05, 0.1) is 13.5 Å². The van der Waals surface area contributed by atoms with Crippen LogP contribution in [0.15, 0.2) is 12.1 Å². The topological polar surface area (TPSA) is 43.4 Å². The molecule has 0 unspecified atom stereocenters. The number of esters is 1. The Bertz CT molecular complexity index is 399. The van der Waals surface area contributed by atoms with Crippen molar-refractivity contribution in [3.63, 3.8) is 0 Å². The standard InChI is InChI=1S/C11H11ClO3/c1-7-3-10(12)8(4-9(7)6-13)5-11(14)15-2/h3-4,6H,5H2,1-2H3. The molecule has 0 N–H and O–H groups in total. The summed E-state index contributed by atoms with van der Waals surface area (Å²) in [5, 5.41) is 0.475. The van der Waals surface area contributed by atoms with Crippen molar-refractivity contribution in [2.45, 2.75) is 13.3 Å². The molecule has 0 saturated carbocycles.